The highest BCUT2D eigenvalue weighted by Crippen LogP contribution is 2.24. The van der Waals surface area contributed by atoms with Crippen molar-refractivity contribution < 1.29 is 17.9 Å². The third kappa shape index (κ3) is 3.32. The van der Waals surface area contributed by atoms with Crippen LogP contribution < -0.4 is 5.73 Å². The Morgan fingerprint density at radius 1 is 1.24 bits per heavy atom. The van der Waals surface area contributed by atoms with Crippen molar-refractivity contribution in [3.63, 3.8) is 0 Å². The third-order valence-corrected chi connectivity index (χ3v) is 4.84. The van der Waals surface area contributed by atoms with Crippen LogP contribution in [0, 0.1) is 5.82 Å². The van der Waals surface area contributed by atoms with Gasteiger partial charge in [-0.3, -0.25) is 0 Å². The molecule has 0 aliphatic heterocycles. The van der Waals surface area contributed by atoms with E-state index in [1.165, 1.54) is 25.2 Å². The molecule has 2 aromatic rings. The molecule has 2 aromatic carbocycles. The van der Waals surface area contributed by atoms with Crippen LogP contribution in [0.5, 0.6) is 5.75 Å². The molecule has 0 saturated carbocycles. The first-order valence-electron chi connectivity index (χ1n) is 6.10. The summed E-state index contributed by atoms with van der Waals surface area (Å²) < 4.78 is 39.1. The molecule has 0 atom stereocenters. The monoisotopic (exact) mass is 310 g/mol. The van der Waals surface area contributed by atoms with Crippen LogP contribution in [0.2, 0.25) is 0 Å². The standard InChI is InChI=1S/C14H15FN2O3S/c1-17(9-10-3-2-4-12(18)7-10)21(19,20)14-8-11(15)5-6-13(14)16/h2-8,18H,9,16H2,1H3. The SMILES string of the molecule is CN(Cc1cccc(O)c1)S(=O)(=O)c1cc(F)ccc1N. The molecule has 5 nitrogen and oxygen atoms in total. The summed E-state index contributed by atoms with van der Waals surface area (Å²) in [5.74, 6) is -0.628. The lowest BCUT2D eigenvalue weighted by Crippen LogP contribution is -2.27. The maximum absolute atomic E-state index is 13.2. The molecular weight excluding hydrogens is 295 g/mol. The van der Waals surface area contributed by atoms with Gasteiger partial charge in [0.05, 0.1) is 5.69 Å². The Balaban J connectivity index is 2.33. The van der Waals surface area contributed by atoms with E-state index < -0.39 is 15.8 Å². The first-order valence-corrected chi connectivity index (χ1v) is 7.54. The van der Waals surface area contributed by atoms with E-state index in [0.717, 1.165) is 16.4 Å². The van der Waals surface area contributed by atoms with Crippen LogP contribution in [0.4, 0.5) is 10.1 Å². The van der Waals surface area contributed by atoms with E-state index in [1.54, 1.807) is 12.1 Å². The highest BCUT2D eigenvalue weighted by molar-refractivity contribution is 7.89. The molecule has 0 aliphatic carbocycles. The van der Waals surface area contributed by atoms with Crippen molar-refractivity contribution in [1.82, 2.24) is 4.31 Å². The summed E-state index contributed by atoms with van der Waals surface area (Å²) >= 11 is 0. The highest BCUT2D eigenvalue weighted by atomic mass is 32.2. The molecule has 0 aromatic heterocycles. The minimum absolute atomic E-state index is 0.0147. The van der Waals surface area contributed by atoms with Crippen molar-refractivity contribution in [2.75, 3.05) is 12.8 Å². The van der Waals surface area contributed by atoms with Gasteiger partial charge in [-0.1, -0.05) is 12.1 Å². The van der Waals surface area contributed by atoms with Crippen molar-refractivity contribution >= 4 is 15.7 Å². The number of phenolic OH excluding ortho intramolecular Hbond substituents is 1. The molecule has 0 fully saturated rings. The zero-order valence-electron chi connectivity index (χ0n) is 11.3. The third-order valence-electron chi connectivity index (χ3n) is 2.98. The quantitative estimate of drug-likeness (QED) is 0.845. The Labute approximate surface area is 122 Å². The number of rotatable bonds is 4. The molecule has 0 radical (unpaired) electrons. The molecule has 0 aliphatic rings. The topological polar surface area (TPSA) is 83.6 Å². The normalized spacial score (nSPS) is 11.8. The van der Waals surface area contributed by atoms with Crippen LogP contribution in [-0.2, 0) is 16.6 Å². The van der Waals surface area contributed by atoms with Crippen molar-refractivity contribution in [3.05, 3.63) is 53.8 Å². The fraction of sp³-hybridized carbons (Fsp3) is 0.143. The minimum Gasteiger partial charge on any atom is -0.508 e. The minimum atomic E-state index is -3.92. The van der Waals surface area contributed by atoms with E-state index in [0.29, 0.717) is 5.56 Å². The van der Waals surface area contributed by atoms with E-state index in [-0.39, 0.29) is 22.9 Å². The van der Waals surface area contributed by atoms with Gasteiger partial charge < -0.3 is 10.8 Å². The summed E-state index contributed by atoms with van der Waals surface area (Å²) in [4.78, 5) is -0.273. The number of phenols is 1. The molecule has 0 heterocycles. The second kappa shape index (κ2) is 5.71. The largest absolute Gasteiger partial charge is 0.508 e. The van der Waals surface area contributed by atoms with Gasteiger partial charge in [0, 0.05) is 13.6 Å². The number of halogens is 1. The van der Waals surface area contributed by atoms with Crippen LogP contribution in [-0.4, -0.2) is 24.9 Å². The first-order chi connectivity index (χ1) is 9.80. The van der Waals surface area contributed by atoms with E-state index >= 15 is 0 Å². The zero-order valence-corrected chi connectivity index (χ0v) is 12.1. The second-order valence-electron chi connectivity index (χ2n) is 4.61. The lowest BCUT2D eigenvalue weighted by molar-refractivity contribution is 0.458. The maximum atomic E-state index is 13.2. The lowest BCUT2D eigenvalue weighted by Gasteiger charge is -2.18. The number of aromatic hydroxyl groups is 1. The van der Waals surface area contributed by atoms with Gasteiger partial charge in [0.15, 0.2) is 0 Å². The fourth-order valence-corrected chi connectivity index (χ4v) is 3.18. The molecule has 0 spiro atoms. The summed E-state index contributed by atoms with van der Waals surface area (Å²) in [5.41, 5.74) is 6.21. The molecule has 0 amide bonds. The van der Waals surface area contributed by atoms with Crippen LogP contribution in [0.25, 0.3) is 0 Å². The molecule has 2 rings (SSSR count). The Bertz CT molecular complexity index is 763. The van der Waals surface area contributed by atoms with E-state index in [9.17, 15) is 17.9 Å². The van der Waals surface area contributed by atoms with Crippen molar-refractivity contribution in [3.8, 4) is 5.75 Å². The highest BCUT2D eigenvalue weighted by Gasteiger charge is 2.24. The Kier molecular flexibility index (Phi) is 4.15. The lowest BCUT2D eigenvalue weighted by atomic mass is 10.2. The summed E-state index contributed by atoms with van der Waals surface area (Å²) in [6, 6.07) is 9.45. The van der Waals surface area contributed by atoms with Crippen molar-refractivity contribution in [2.24, 2.45) is 0 Å². The summed E-state index contributed by atoms with van der Waals surface area (Å²) in [6.07, 6.45) is 0. The molecule has 0 saturated heterocycles. The molecular formula is C14H15FN2O3S. The van der Waals surface area contributed by atoms with Gasteiger partial charge in [-0.15, -0.1) is 0 Å². The van der Waals surface area contributed by atoms with Crippen LogP contribution in [0.15, 0.2) is 47.4 Å². The van der Waals surface area contributed by atoms with Gasteiger partial charge >= 0.3 is 0 Å². The van der Waals surface area contributed by atoms with Crippen LogP contribution in [0.1, 0.15) is 5.56 Å². The predicted molar refractivity (Wildman–Crippen MR) is 77.6 cm³/mol. The number of sulfonamides is 1. The smallest absolute Gasteiger partial charge is 0.245 e. The number of nitrogens with zero attached hydrogens (tertiary/aromatic N) is 1. The Morgan fingerprint density at radius 3 is 2.62 bits per heavy atom. The van der Waals surface area contributed by atoms with E-state index in [4.69, 9.17) is 5.73 Å². The number of hydrogen-bond acceptors (Lipinski definition) is 4. The zero-order chi connectivity index (χ0) is 15.6. The van der Waals surface area contributed by atoms with Gasteiger partial charge in [0.1, 0.15) is 16.5 Å². The second-order valence-corrected chi connectivity index (χ2v) is 6.63. The van der Waals surface area contributed by atoms with Crippen molar-refractivity contribution in [1.29, 1.82) is 0 Å². The van der Waals surface area contributed by atoms with E-state index in [1.807, 2.05) is 0 Å². The van der Waals surface area contributed by atoms with Gasteiger partial charge in [-0.2, -0.15) is 4.31 Å². The number of nitrogen functional groups attached to an aromatic ring is 1. The number of nitrogens with two attached hydrogens (primary N) is 1. The molecule has 7 heteroatoms. The van der Waals surface area contributed by atoms with Gasteiger partial charge in [-0.05, 0) is 35.9 Å². The molecule has 0 unspecified atom stereocenters. The molecule has 112 valence electrons. The molecule has 0 bridgehead atoms. The maximum Gasteiger partial charge on any atom is 0.245 e. The Hall–Kier alpha value is -2.12. The average molecular weight is 310 g/mol. The molecule has 3 N–H and O–H groups in total. The average Bonchev–Trinajstić information content (AvgIpc) is 2.41. The first kappa shape index (κ1) is 15.3. The predicted octanol–water partition coefficient (Wildman–Crippen LogP) is 1.93. The van der Waals surface area contributed by atoms with Crippen LogP contribution in [0.3, 0.4) is 0 Å². The summed E-state index contributed by atoms with van der Waals surface area (Å²) in [6.45, 7) is 0.0344. The summed E-state index contributed by atoms with van der Waals surface area (Å²) in [5, 5.41) is 9.39. The van der Waals surface area contributed by atoms with Gasteiger partial charge in [0.25, 0.3) is 0 Å². The summed E-state index contributed by atoms with van der Waals surface area (Å²) in [7, 11) is -2.55. The molecule has 21 heavy (non-hydrogen) atoms. The number of hydrogen-bond donors (Lipinski definition) is 2. The Morgan fingerprint density at radius 2 is 1.95 bits per heavy atom. The van der Waals surface area contributed by atoms with Crippen LogP contribution >= 0.6 is 0 Å². The van der Waals surface area contributed by atoms with E-state index in [2.05, 4.69) is 0 Å². The van der Waals surface area contributed by atoms with Gasteiger partial charge in [0.2, 0.25) is 10.0 Å². The fourth-order valence-electron chi connectivity index (χ4n) is 1.90. The number of anilines is 1. The van der Waals surface area contributed by atoms with Crippen molar-refractivity contribution in [2.45, 2.75) is 11.4 Å². The number of benzene rings is 2. The van der Waals surface area contributed by atoms with Gasteiger partial charge in [-0.25, -0.2) is 12.8 Å².